The summed E-state index contributed by atoms with van der Waals surface area (Å²) in [5, 5.41) is 40.2. The van der Waals surface area contributed by atoms with Crippen LogP contribution in [-0.2, 0) is 9.47 Å². The van der Waals surface area contributed by atoms with Crippen LogP contribution in [0.1, 0.15) is 139 Å². The van der Waals surface area contributed by atoms with E-state index >= 15 is 0 Å². The summed E-state index contributed by atoms with van der Waals surface area (Å²) in [5.74, 6) is 3.95. The van der Waals surface area contributed by atoms with E-state index in [1.807, 2.05) is 13.8 Å². The Bertz CT molecular complexity index is 787. The lowest BCUT2D eigenvalue weighted by molar-refractivity contribution is -0.198. The van der Waals surface area contributed by atoms with Crippen molar-refractivity contribution in [2.45, 2.75) is 176 Å². The predicted molar refractivity (Wildman–Crippen MR) is 174 cm³/mol. The molecule has 13 unspecified atom stereocenters. The summed E-state index contributed by atoms with van der Waals surface area (Å²) in [6.45, 7) is 20.7. The second kappa shape index (κ2) is 16.0. The van der Waals surface area contributed by atoms with Crippen LogP contribution in [-0.4, -0.2) is 63.8 Å². The first-order valence-corrected chi connectivity index (χ1v) is 18.1. The number of aliphatic hydroxyl groups excluding tert-OH is 4. The van der Waals surface area contributed by atoms with Gasteiger partial charge < -0.3 is 29.9 Å². The van der Waals surface area contributed by atoms with Crippen molar-refractivity contribution in [1.29, 1.82) is 0 Å². The van der Waals surface area contributed by atoms with Gasteiger partial charge in [0.05, 0.1) is 30.5 Å². The second-order valence-corrected chi connectivity index (χ2v) is 16.6. The van der Waals surface area contributed by atoms with E-state index in [4.69, 9.17) is 9.47 Å². The molecule has 0 saturated heterocycles. The highest BCUT2D eigenvalue weighted by molar-refractivity contribution is 4.95. The highest BCUT2D eigenvalue weighted by Crippen LogP contribution is 2.51. The molecule has 4 rings (SSSR count). The third-order valence-electron chi connectivity index (χ3n) is 13.1. The number of rotatable bonds is 8. The molecule has 4 fully saturated rings. The van der Waals surface area contributed by atoms with Crippen molar-refractivity contribution in [3.8, 4) is 0 Å². The zero-order valence-corrected chi connectivity index (χ0v) is 29.3. The van der Waals surface area contributed by atoms with Crippen LogP contribution in [0.25, 0.3) is 0 Å². The SMILES string of the molecule is CC1CC(C(C)(C)C2CCC(O)C(C)C2)CCC1O.CCOC(C)OC1CC(C(C)(C)C2CCC(O)C(C)C2)CCC1O. The Labute approximate surface area is 264 Å². The Morgan fingerprint density at radius 3 is 1.21 bits per heavy atom. The number of aliphatic hydroxyl groups is 4. The quantitative estimate of drug-likeness (QED) is 0.215. The van der Waals surface area contributed by atoms with E-state index in [1.165, 1.54) is 25.7 Å². The molecule has 254 valence electrons. The molecule has 43 heavy (non-hydrogen) atoms. The average molecular weight is 611 g/mol. The van der Waals surface area contributed by atoms with Gasteiger partial charge in [0.15, 0.2) is 6.29 Å². The van der Waals surface area contributed by atoms with Crippen LogP contribution in [0.4, 0.5) is 0 Å². The Kier molecular flexibility index (Phi) is 13.9. The normalized spacial score (nSPS) is 42.1. The van der Waals surface area contributed by atoms with Crippen molar-refractivity contribution < 1.29 is 29.9 Å². The first-order valence-electron chi connectivity index (χ1n) is 18.1. The van der Waals surface area contributed by atoms with Crippen molar-refractivity contribution >= 4 is 0 Å². The van der Waals surface area contributed by atoms with Crippen LogP contribution in [0.2, 0.25) is 0 Å². The largest absolute Gasteiger partial charge is 0.393 e. The topological polar surface area (TPSA) is 99.4 Å². The maximum absolute atomic E-state index is 10.3. The van der Waals surface area contributed by atoms with E-state index in [2.05, 4.69) is 48.5 Å². The summed E-state index contributed by atoms with van der Waals surface area (Å²) in [7, 11) is 0. The summed E-state index contributed by atoms with van der Waals surface area (Å²) in [5.41, 5.74) is 0.563. The van der Waals surface area contributed by atoms with Crippen LogP contribution >= 0.6 is 0 Å². The molecule has 6 heteroatoms. The van der Waals surface area contributed by atoms with Crippen LogP contribution in [0.15, 0.2) is 0 Å². The van der Waals surface area contributed by atoms with Crippen molar-refractivity contribution in [3.05, 3.63) is 0 Å². The van der Waals surface area contributed by atoms with E-state index < -0.39 is 0 Å². The van der Waals surface area contributed by atoms with Crippen LogP contribution in [0.5, 0.6) is 0 Å². The molecule has 6 nitrogen and oxygen atoms in total. The van der Waals surface area contributed by atoms with Crippen LogP contribution in [0, 0.1) is 52.3 Å². The lowest BCUT2D eigenvalue weighted by Crippen LogP contribution is -2.45. The lowest BCUT2D eigenvalue weighted by Gasteiger charge is -2.48. The fourth-order valence-electron chi connectivity index (χ4n) is 9.29. The lowest BCUT2D eigenvalue weighted by atomic mass is 9.58. The van der Waals surface area contributed by atoms with Crippen molar-refractivity contribution in [2.75, 3.05) is 6.61 Å². The van der Waals surface area contributed by atoms with Gasteiger partial charge in [-0.3, -0.25) is 0 Å². The Balaban J connectivity index is 0.000000242. The average Bonchev–Trinajstić information content (AvgIpc) is 2.94. The third-order valence-corrected chi connectivity index (χ3v) is 13.1. The molecule has 0 radical (unpaired) electrons. The van der Waals surface area contributed by atoms with Gasteiger partial charge in [0.1, 0.15) is 0 Å². The molecule has 4 N–H and O–H groups in total. The Hall–Kier alpha value is -0.240. The van der Waals surface area contributed by atoms with E-state index in [0.29, 0.717) is 41.6 Å². The van der Waals surface area contributed by atoms with E-state index in [0.717, 1.165) is 63.2 Å². The standard InChI is InChI=1S/C20H38O4.C17H32O2/c1-6-23-14(3)24-19-12-16(8-10-18(19)22)20(4,5)15-7-9-17(21)13(2)11-15;1-11-9-13(5-7-15(11)18)17(3,4)14-6-8-16(19)12(2)10-14/h13-19,21-22H,6-12H2,1-5H3;11-16,18-19H,5-10H2,1-4H3. The second-order valence-electron chi connectivity index (χ2n) is 16.6. The molecule has 0 aromatic heterocycles. The van der Waals surface area contributed by atoms with E-state index in [-0.39, 0.29) is 42.2 Å². The summed E-state index contributed by atoms with van der Waals surface area (Å²) < 4.78 is 11.5. The molecule has 0 spiro atoms. The van der Waals surface area contributed by atoms with Gasteiger partial charge in [-0.25, -0.2) is 0 Å². The zero-order valence-electron chi connectivity index (χ0n) is 29.3. The minimum absolute atomic E-state index is 0.0841. The van der Waals surface area contributed by atoms with Gasteiger partial charge in [-0.1, -0.05) is 48.5 Å². The first kappa shape index (κ1) is 37.2. The van der Waals surface area contributed by atoms with Crippen molar-refractivity contribution in [1.82, 2.24) is 0 Å². The highest BCUT2D eigenvalue weighted by atomic mass is 16.7. The van der Waals surface area contributed by atoms with Crippen molar-refractivity contribution in [2.24, 2.45) is 52.3 Å². The number of hydrogen-bond acceptors (Lipinski definition) is 6. The molecule has 0 amide bonds. The van der Waals surface area contributed by atoms with Crippen LogP contribution in [0.3, 0.4) is 0 Å². The molecule has 0 aromatic carbocycles. The van der Waals surface area contributed by atoms with Gasteiger partial charge in [-0.2, -0.15) is 0 Å². The summed E-state index contributed by atoms with van der Waals surface area (Å²) in [6, 6.07) is 0. The van der Waals surface area contributed by atoms with E-state index in [1.54, 1.807) is 0 Å². The molecule has 0 aromatic rings. The minimum Gasteiger partial charge on any atom is -0.393 e. The predicted octanol–water partition coefficient (Wildman–Crippen LogP) is 7.35. The molecule has 13 atom stereocenters. The van der Waals surface area contributed by atoms with E-state index in [9.17, 15) is 20.4 Å². The Morgan fingerprint density at radius 2 is 0.884 bits per heavy atom. The maximum atomic E-state index is 10.3. The summed E-state index contributed by atoms with van der Waals surface area (Å²) in [6.07, 6.45) is 11.5. The molecule has 0 aliphatic heterocycles. The minimum atomic E-state index is -0.382. The molecule has 4 aliphatic carbocycles. The Morgan fingerprint density at radius 1 is 0.558 bits per heavy atom. The number of ether oxygens (including phenoxy) is 2. The third kappa shape index (κ3) is 9.64. The molecule has 0 bridgehead atoms. The fourth-order valence-corrected chi connectivity index (χ4v) is 9.29. The van der Waals surface area contributed by atoms with Gasteiger partial charge >= 0.3 is 0 Å². The summed E-state index contributed by atoms with van der Waals surface area (Å²) >= 11 is 0. The summed E-state index contributed by atoms with van der Waals surface area (Å²) in [4.78, 5) is 0. The highest BCUT2D eigenvalue weighted by Gasteiger charge is 2.45. The molecule has 0 heterocycles. The maximum Gasteiger partial charge on any atom is 0.155 e. The van der Waals surface area contributed by atoms with Gasteiger partial charge in [-0.15, -0.1) is 0 Å². The first-order chi connectivity index (χ1) is 20.1. The van der Waals surface area contributed by atoms with Gasteiger partial charge in [-0.05, 0) is 143 Å². The monoisotopic (exact) mass is 611 g/mol. The molecular formula is C37H70O6. The van der Waals surface area contributed by atoms with Crippen LogP contribution < -0.4 is 0 Å². The molecule has 4 aliphatic rings. The van der Waals surface area contributed by atoms with Gasteiger partial charge in [0.2, 0.25) is 0 Å². The fraction of sp³-hybridized carbons (Fsp3) is 1.00. The molecule has 4 saturated carbocycles. The molecular weight excluding hydrogens is 540 g/mol. The smallest absolute Gasteiger partial charge is 0.155 e. The van der Waals surface area contributed by atoms with Gasteiger partial charge in [0.25, 0.3) is 0 Å². The van der Waals surface area contributed by atoms with Gasteiger partial charge in [0, 0.05) is 6.61 Å². The zero-order chi connectivity index (χ0) is 32.1. The number of hydrogen-bond donors (Lipinski definition) is 4. The van der Waals surface area contributed by atoms with Crippen molar-refractivity contribution in [3.63, 3.8) is 0 Å².